The van der Waals surface area contributed by atoms with Crippen LogP contribution in [0.2, 0.25) is 0 Å². The summed E-state index contributed by atoms with van der Waals surface area (Å²) in [6.45, 7) is 18.4. The van der Waals surface area contributed by atoms with Gasteiger partial charge >= 0.3 is 24.7 Å². The molecule has 12 heteroatoms. The van der Waals surface area contributed by atoms with Crippen molar-refractivity contribution < 1.29 is 78.7 Å². The van der Waals surface area contributed by atoms with Crippen LogP contribution in [0.25, 0.3) is 0 Å². The molecule has 48 heavy (non-hydrogen) atoms. The van der Waals surface area contributed by atoms with Crippen molar-refractivity contribution in [2.45, 2.75) is 209 Å². The van der Waals surface area contributed by atoms with Crippen LogP contribution in [-0.4, -0.2) is 24.7 Å². The number of hydrogen-bond donors (Lipinski definition) is 0. The normalized spacial score (nSPS) is 21.7. The first-order valence-electron chi connectivity index (χ1n) is 24.7. The lowest BCUT2D eigenvalue weighted by Gasteiger charge is -2.25. The zero-order chi connectivity index (χ0) is 59.1. The Morgan fingerprint density at radius 1 is 0.500 bits per heavy atom. The molecule has 0 bridgehead atoms. The summed E-state index contributed by atoms with van der Waals surface area (Å²) in [4.78, 5) is 0. The standard InChI is InChI=1S/C6H11F3.C6H14.2C5H9F3.C4H7F3.5C2H6/c1-4-5(2,3)6(7,8)9;1-5-6(2,3)4;2*1-3-4(2)5(6,7)8;1-3(2)4(5,6)7;5*1-2/h4H2,1-3H3;5H2,1-4H3;2*4H,3H2,1-2H3;3H,1-2H3;5*1-2H3/i2D3,4D2;2D3,3D3,5D2;3D2,4D;3D2;3D;;;;;. The number of halogens is 12. The van der Waals surface area contributed by atoms with Gasteiger partial charge in [0, 0.05) is 31.9 Å². The predicted molar refractivity (Wildman–Crippen MR) is 189 cm³/mol. The SMILES string of the molecule is CC.CC.CC.CC.CC.[2H]C(C)(C)C(F)(F)F.[2H]C([2H])(C)C(C)C(F)(F)F.[2H]C([2H])(C)C([2H])(C)C(F)(F)F.[2H]C([2H])([2H])C(C)(C([2H])([2H])C)C(F)(F)F.[2H]C([2H])([2H])C(C)(C([2H])([2H])[2H])C([2H])([2H])C. The maximum absolute atomic E-state index is 12.5. The summed E-state index contributed by atoms with van der Waals surface area (Å²) < 4.78 is 274. The van der Waals surface area contributed by atoms with Gasteiger partial charge in [0.2, 0.25) is 0 Å². The Morgan fingerprint density at radius 2 is 0.792 bits per heavy atom. The molecule has 0 saturated carbocycles. The molecule has 0 aromatic carbocycles. The van der Waals surface area contributed by atoms with E-state index in [-0.39, 0.29) is 0 Å². The lowest BCUT2D eigenvalue weighted by Crippen LogP contribution is -2.30. The fraction of sp³-hybridized carbons (Fsp3) is 1.00. The molecule has 308 valence electrons. The van der Waals surface area contributed by atoms with Crippen molar-refractivity contribution >= 4 is 0 Å². The third-order valence-electron chi connectivity index (χ3n) is 3.86. The summed E-state index contributed by atoms with van der Waals surface area (Å²) in [5.74, 6) is -7.26. The van der Waals surface area contributed by atoms with Gasteiger partial charge in [-0.25, -0.2) is 0 Å². The van der Waals surface area contributed by atoms with Crippen LogP contribution in [-0.2, 0) is 0 Å². The molecule has 0 radical (unpaired) electrons. The van der Waals surface area contributed by atoms with Gasteiger partial charge in [0.25, 0.3) is 0 Å². The highest BCUT2D eigenvalue weighted by molar-refractivity contribution is 4.74. The smallest absolute Gasteiger partial charge is 0.171 e. The van der Waals surface area contributed by atoms with Crippen molar-refractivity contribution in [3.05, 3.63) is 0 Å². The van der Waals surface area contributed by atoms with Gasteiger partial charge in [-0.3, -0.25) is 0 Å². The summed E-state index contributed by atoms with van der Waals surface area (Å²) in [5, 5.41) is 0. The van der Waals surface area contributed by atoms with E-state index in [0.29, 0.717) is 20.8 Å². The van der Waals surface area contributed by atoms with Crippen molar-refractivity contribution in [2.24, 2.45) is 28.5 Å². The second-order valence-corrected chi connectivity index (χ2v) is 7.67. The molecule has 0 nitrogen and oxygen atoms in total. The highest BCUT2D eigenvalue weighted by Crippen LogP contribution is 2.39. The Hall–Kier alpha value is -0.840. The first kappa shape index (κ1) is 31.9. The van der Waals surface area contributed by atoms with Gasteiger partial charge in [-0.1, -0.05) is 165 Å². The molecular formula is C36H80F12. The summed E-state index contributed by atoms with van der Waals surface area (Å²) in [6.07, 6.45) is -28.7. The maximum Gasteiger partial charge on any atom is 0.393 e. The quantitative estimate of drug-likeness (QED) is 0.251. The Bertz CT molecular complexity index is 1030. The van der Waals surface area contributed by atoms with Crippen LogP contribution in [0.15, 0.2) is 0 Å². The van der Waals surface area contributed by atoms with E-state index in [1.165, 1.54) is 0 Å². The van der Waals surface area contributed by atoms with Crippen molar-refractivity contribution in [3.8, 4) is 0 Å². The summed E-state index contributed by atoms with van der Waals surface area (Å²) >= 11 is 0. The molecule has 0 aliphatic heterocycles. The molecule has 3 unspecified atom stereocenters. The maximum atomic E-state index is 12.5. The third-order valence-corrected chi connectivity index (χ3v) is 3.86. The molecule has 0 saturated heterocycles. The molecule has 0 aromatic heterocycles. The molecule has 0 aliphatic carbocycles. The Balaban J connectivity index is -0.0000000729. The second-order valence-electron chi connectivity index (χ2n) is 7.67. The molecule has 0 spiro atoms. The van der Waals surface area contributed by atoms with Gasteiger partial charge in [-0.15, -0.1) is 0 Å². The molecule has 0 rings (SSSR count). The Morgan fingerprint density at radius 3 is 0.792 bits per heavy atom. The van der Waals surface area contributed by atoms with E-state index >= 15 is 0 Å². The predicted octanol–water partition coefficient (Wildman–Crippen LogP) is 18.0. The minimum atomic E-state index is -5.11. The van der Waals surface area contributed by atoms with Gasteiger partial charge in [0.15, 0.2) is 0 Å². The van der Waals surface area contributed by atoms with Gasteiger partial charge in [0.1, 0.15) is 0 Å². The molecule has 0 aromatic rings. The number of alkyl halides is 12. The topological polar surface area (TPSA) is 0 Å². The van der Waals surface area contributed by atoms with Gasteiger partial charge < -0.3 is 0 Å². The fourth-order valence-electron chi connectivity index (χ4n) is 0.447. The van der Waals surface area contributed by atoms with Crippen LogP contribution in [0.4, 0.5) is 52.7 Å². The monoisotopic (exact) mass is 760 g/mol. The zero-order valence-corrected chi connectivity index (χ0v) is 32.6. The zero-order valence-electron chi connectivity index (χ0n) is 51.6. The van der Waals surface area contributed by atoms with Gasteiger partial charge in [-0.2, -0.15) is 52.7 Å². The fourth-order valence-corrected chi connectivity index (χ4v) is 0.447. The van der Waals surface area contributed by atoms with Crippen molar-refractivity contribution in [3.63, 3.8) is 0 Å². The third kappa shape index (κ3) is 67.4. The summed E-state index contributed by atoms with van der Waals surface area (Å²) in [6, 6.07) is 0. The molecule has 0 amide bonds. The molecule has 0 N–H and O–H groups in total. The van der Waals surface area contributed by atoms with E-state index in [2.05, 4.69) is 0 Å². The van der Waals surface area contributed by atoms with Crippen molar-refractivity contribution in [2.75, 3.05) is 0 Å². The average Bonchev–Trinajstić information content (AvgIpc) is 3.07. The van der Waals surface area contributed by atoms with Crippen LogP contribution < -0.4 is 0 Å². The van der Waals surface area contributed by atoms with E-state index < -0.39 is 99.3 Å². The molecule has 3 atom stereocenters. The Labute approximate surface area is 317 Å². The van der Waals surface area contributed by atoms with Crippen LogP contribution in [0.5, 0.6) is 0 Å². The second kappa shape index (κ2) is 40.6. The average molecular weight is 760 g/mol. The first-order valence-corrected chi connectivity index (χ1v) is 15.2. The van der Waals surface area contributed by atoms with Crippen LogP contribution in [0.3, 0.4) is 0 Å². The van der Waals surface area contributed by atoms with Crippen LogP contribution in [0, 0.1) is 28.5 Å². The highest BCUT2D eigenvalue weighted by Gasteiger charge is 2.45. The van der Waals surface area contributed by atoms with Gasteiger partial charge in [0.05, 0.1) is 17.2 Å². The minimum Gasteiger partial charge on any atom is -0.171 e. The van der Waals surface area contributed by atoms with E-state index in [1.807, 2.05) is 69.2 Å². The Kier molecular flexibility index (Phi) is 26.9. The highest BCUT2D eigenvalue weighted by atomic mass is 19.4. The molecule has 0 aliphatic rings. The summed E-state index contributed by atoms with van der Waals surface area (Å²) in [5.41, 5.74) is -5.71. The van der Waals surface area contributed by atoms with Crippen molar-refractivity contribution in [1.29, 1.82) is 0 Å². The van der Waals surface area contributed by atoms with Crippen LogP contribution >= 0.6 is 0 Å². The molecule has 0 fully saturated rings. The van der Waals surface area contributed by atoms with E-state index in [4.69, 9.17) is 26.0 Å². The summed E-state index contributed by atoms with van der Waals surface area (Å²) in [7, 11) is 0. The lowest BCUT2D eigenvalue weighted by atomic mass is 9.90. The number of hydrogen-bond acceptors (Lipinski definition) is 0. The van der Waals surface area contributed by atoms with E-state index in [9.17, 15) is 52.7 Å². The van der Waals surface area contributed by atoms with Gasteiger partial charge in [-0.05, 0) is 24.5 Å². The number of rotatable bonds is 3. The van der Waals surface area contributed by atoms with E-state index in [0.717, 1.165) is 48.5 Å². The largest absolute Gasteiger partial charge is 0.393 e. The van der Waals surface area contributed by atoms with Crippen LogP contribution in [0.1, 0.15) is 211 Å². The molecule has 0 heterocycles. The van der Waals surface area contributed by atoms with Crippen molar-refractivity contribution in [1.82, 2.24) is 0 Å². The molecular weight excluding hydrogens is 660 g/mol. The first-order chi connectivity index (χ1) is 28.4. The van der Waals surface area contributed by atoms with E-state index in [1.54, 1.807) is 0 Å². The lowest BCUT2D eigenvalue weighted by molar-refractivity contribution is -0.212. The minimum absolute atomic E-state index is 0.375.